The fourth-order valence-corrected chi connectivity index (χ4v) is 1.50. The first-order chi connectivity index (χ1) is 7.76. The first kappa shape index (κ1) is 13.6. The number of rotatable bonds is 3. The summed E-state index contributed by atoms with van der Waals surface area (Å²) in [4.78, 5) is 0. The lowest BCUT2D eigenvalue weighted by molar-refractivity contribution is 0.223. The molecule has 2 heteroatoms. The van der Waals surface area contributed by atoms with Crippen molar-refractivity contribution >= 4 is 0 Å². The van der Waals surface area contributed by atoms with Gasteiger partial charge in [-0.3, -0.25) is 0 Å². The van der Waals surface area contributed by atoms with E-state index >= 15 is 0 Å². The number of hydrogen-bond donors (Lipinski definition) is 0. The van der Waals surface area contributed by atoms with Gasteiger partial charge in [-0.2, -0.15) is 5.26 Å². The molecule has 0 heterocycles. The SMILES string of the molecule is CC(C)(C#N)COc1ccccc1C(C)(C)C. The van der Waals surface area contributed by atoms with E-state index in [0.29, 0.717) is 6.61 Å². The maximum Gasteiger partial charge on any atom is 0.123 e. The molecular formula is C15H21NO. The van der Waals surface area contributed by atoms with Gasteiger partial charge in [0.25, 0.3) is 0 Å². The summed E-state index contributed by atoms with van der Waals surface area (Å²) in [5.41, 5.74) is 0.770. The molecule has 0 saturated carbocycles. The normalized spacial score (nSPS) is 12.0. The molecule has 0 spiro atoms. The number of benzene rings is 1. The van der Waals surface area contributed by atoms with E-state index in [1.54, 1.807) is 0 Å². The fourth-order valence-electron chi connectivity index (χ4n) is 1.50. The van der Waals surface area contributed by atoms with Crippen molar-refractivity contribution in [1.29, 1.82) is 5.26 Å². The average Bonchev–Trinajstić information content (AvgIpc) is 2.26. The van der Waals surface area contributed by atoms with Gasteiger partial charge in [-0.05, 0) is 30.9 Å². The third-order valence-corrected chi connectivity index (χ3v) is 2.59. The van der Waals surface area contributed by atoms with E-state index in [9.17, 15) is 0 Å². The highest BCUT2D eigenvalue weighted by Gasteiger charge is 2.21. The van der Waals surface area contributed by atoms with Crippen LogP contribution in [-0.4, -0.2) is 6.61 Å². The van der Waals surface area contributed by atoms with Gasteiger partial charge in [0, 0.05) is 0 Å². The van der Waals surface area contributed by atoms with Crippen LogP contribution in [0, 0.1) is 16.7 Å². The zero-order valence-corrected chi connectivity index (χ0v) is 11.4. The van der Waals surface area contributed by atoms with Crippen molar-refractivity contribution in [2.24, 2.45) is 5.41 Å². The fraction of sp³-hybridized carbons (Fsp3) is 0.533. The number of para-hydroxylation sites is 1. The maximum absolute atomic E-state index is 8.97. The molecule has 0 N–H and O–H groups in total. The molecule has 17 heavy (non-hydrogen) atoms. The van der Waals surface area contributed by atoms with Crippen molar-refractivity contribution < 1.29 is 4.74 Å². The minimum absolute atomic E-state index is 0.0490. The van der Waals surface area contributed by atoms with Crippen LogP contribution in [0.25, 0.3) is 0 Å². The summed E-state index contributed by atoms with van der Waals surface area (Å²) in [6.07, 6.45) is 0. The van der Waals surface area contributed by atoms with Crippen LogP contribution in [0.15, 0.2) is 24.3 Å². The second-order valence-electron chi connectivity index (χ2n) is 6.03. The summed E-state index contributed by atoms with van der Waals surface area (Å²) in [7, 11) is 0. The van der Waals surface area contributed by atoms with E-state index in [1.807, 2.05) is 32.0 Å². The van der Waals surface area contributed by atoms with Crippen LogP contribution in [0.5, 0.6) is 5.75 Å². The number of hydrogen-bond acceptors (Lipinski definition) is 2. The zero-order valence-electron chi connectivity index (χ0n) is 11.4. The Kier molecular flexibility index (Phi) is 3.83. The number of ether oxygens (including phenoxy) is 1. The Labute approximate surface area is 104 Å². The molecule has 1 aromatic rings. The standard InChI is InChI=1S/C15H21NO/c1-14(2,3)12-8-6-7-9-13(12)17-11-15(4,5)10-16/h6-9H,11H2,1-5H3. The highest BCUT2D eigenvalue weighted by atomic mass is 16.5. The van der Waals surface area contributed by atoms with Crippen LogP contribution in [0.2, 0.25) is 0 Å². The van der Waals surface area contributed by atoms with Gasteiger partial charge < -0.3 is 4.74 Å². The van der Waals surface area contributed by atoms with E-state index in [4.69, 9.17) is 10.00 Å². The van der Waals surface area contributed by atoms with E-state index in [2.05, 4.69) is 32.9 Å². The molecule has 0 amide bonds. The summed E-state index contributed by atoms with van der Waals surface area (Å²) in [5.74, 6) is 0.878. The molecule has 0 atom stereocenters. The molecule has 0 aliphatic heterocycles. The predicted molar refractivity (Wildman–Crippen MR) is 70.0 cm³/mol. The van der Waals surface area contributed by atoms with Crippen molar-refractivity contribution in [3.05, 3.63) is 29.8 Å². The van der Waals surface area contributed by atoms with Crippen molar-refractivity contribution in [3.8, 4) is 11.8 Å². The van der Waals surface area contributed by atoms with Gasteiger partial charge in [0.15, 0.2) is 0 Å². The molecule has 0 bridgehead atoms. The summed E-state index contributed by atoms with van der Waals surface area (Å²) in [6, 6.07) is 10.3. The topological polar surface area (TPSA) is 33.0 Å². The van der Waals surface area contributed by atoms with Crippen LogP contribution < -0.4 is 4.74 Å². The maximum atomic E-state index is 8.97. The summed E-state index contributed by atoms with van der Waals surface area (Å²) in [5, 5.41) is 8.97. The predicted octanol–water partition coefficient (Wildman–Crippen LogP) is 3.91. The van der Waals surface area contributed by atoms with Crippen molar-refractivity contribution in [2.75, 3.05) is 6.61 Å². The Hall–Kier alpha value is -1.49. The second-order valence-corrected chi connectivity index (χ2v) is 6.03. The van der Waals surface area contributed by atoms with Crippen LogP contribution >= 0.6 is 0 Å². The van der Waals surface area contributed by atoms with Crippen molar-refractivity contribution in [3.63, 3.8) is 0 Å². The van der Waals surface area contributed by atoms with E-state index < -0.39 is 5.41 Å². The number of nitriles is 1. The summed E-state index contributed by atoms with van der Waals surface area (Å²) >= 11 is 0. The Morgan fingerprint density at radius 2 is 1.71 bits per heavy atom. The lowest BCUT2D eigenvalue weighted by Crippen LogP contribution is -2.21. The minimum atomic E-state index is -0.453. The quantitative estimate of drug-likeness (QED) is 0.790. The van der Waals surface area contributed by atoms with Gasteiger partial charge in [0.05, 0.1) is 11.5 Å². The highest BCUT2D eigenvalue weighted by Crippen LogP contribution is 2.31. The molecule has 0 aliphatic carbocycles. The second kappa shape index (κ2) is 4.79. The molecule has 1 rings (SSSR count). The third kappa shape index (κ3) is 3.78. The lowest BCUT2D eigenvalue weighted by atomic mass is 9.86. The van der Waals surface area contributed by atoms with Crippen molar-refractivity contribution in [2.45, 2.75) is 40.0 Å². The lowest BCUT2D eigenvalue weighted by Gasteiger charge is -2.24. The molecule has 0 unspecified atom stereocenters. The Morgan fingerprint density at radius 3 is 2.24 bits per heavy atom. The van der Waals surface area contributed by atoms with Crippen LogP contribution in [0.4, 0.5) is 0 Å². The summed E-state index contributed by atoms with van der Waals surface area (Å²) < 4.78 is 5.80. The van der Waals surface area contributed by atoms with E-state index in [1.165, 1.54) is 5.56 Å². The summed E-state index contributed by atoms with van der Waals surface area (Å²) in [6.45, 7) is 10.6. The zero-order chi connectivity index (χ0) is 13.1. The molecule has 92 valence electrons. The monoisotopic (exact) mass is 231 g/mol. The Balaban J connectivity index is 2.90. The molecule has 0 saturated heterocycles. The molecule has 0 aliphatic rings. The Bertz CT molecular complexity index is 421. The van der Waals surface area contributed by atoms with Gasteiger partial charge >= 0.3 is 0 Å². The highest BCUT2D eigenvalue weighted by molar-refractivity contribution is 5.38. The van der Waals surface area contributed by atoms with E-state index in [0.717, 1.165) is 5.75 Å². The largest absolute Gasteiger partial charge is 0.492 e. The molecule has 2 nitrogen and oxygen atoms in total. The molecule has 1 aromatic carbocycles. The van der Waals surface area contributed by atoms with Gasteiger partial charge in [-0.1, -0.05) is 39.0 Å². The molecule has 0 radical (unpaired) electrons. The minimum Gasteiger partial charge on any atom is -0.492 e. The third-order valence-electron chi connectivity index (χ3n) is 2.59. The molecule has 0 fully saturated rings. The first-order valence-electron chi connectivity index (χ1n) is 5.90. The van der Waals surface area contributed by atoms with Gasteiger partial charge in [0.1, 0.15) is 12.4 Å². The van der Waals surface area contributed by atoms with Gasteiger partial charge in [-0.15, -0.1) is 0 Å². The molecular weight excluding hydrogens is 210 g/mol. The van der Waals surface area contributed by atoms with Gasteiger partial charge in [-0.25, -0.2) is 0 Å². The first-order valence-corrected chi connectivity index (χ1v) is 5.90. The van der Waals surface area contributed by atoms with Crippen LogP contribution in [-0.2, 0) is 5.41 Å². The molecule has 0 aromatic heterocycles. The van der Waals surface area contributed by atoms with E-state index in [-0.39, 0.29) is 5.41 Å². The smallest absolute Gasteiger partial charge is 0.123 e. The van der Waals surface area contributed by atoms with Crippen LogP contribution in [0.3, 0.4) is 0 Å². The van der Waals surface area contributed by atoms with Gasteiger partial charge in [0.2, 0.25) is 0 Å². The van der Waals surface area contributed by atoms with Crippen LogP contribution in [0.1, 0.15) is 40.2 Å². The average molecular weight is 231 g/mol. The van der Waals surface area contributed by atoms with Crippen molar-refractivity contribution in [1.82, 2.24) is 0 Å². The number of nitrogens with zero attached hydrogens (tertiary/aromatic N) is 1. The Morgan fingerprint density at radius 1 is 1.12 bits per heavy atom.